The topological polar surface area (TPSA) is 75.7 Å². The van der Waals surface area contributed by atoms with Crippen molar-refractivity contribution in [2.24, 2.45) is 0 Å². The van der Waals surface area contributed by atoms with E-state index in [9.17, 15) is 13.2 Å². The lowest BCUT2D eigenvalue weighted by Crippen LogP contribution is -2.40. The van der Waals surface area contributed by atoms with E-state index in [2.05, 4.69) is 11.4 Å². The van der Waals surface area contributed by atoms with Crippen molar-refractivity contribution in [1.82, 2.24) is 5.32 Å². The van der Waals surface area contributed by atoms with Crippen LogP contribution >= 0.6 is 11.6 Å². The van der Waals surface area contributed by atoms with Crippen LogP contribution in [0.15, 0.2) is 36.4 Å². The second-order valence-corrected chi connectivity index (χ2v) is 9.76. The van der Waals surface area contributed by atoms with Gasteiger partial charge in [-0.25, -0.2) is 8.42 Å². The van der Waals surface area contributed by atoms with Crippen molar-refractivity contribution in [2.45, 2.75) is 39.3 Å². The van der Waals surface area contributed by atoms with Gasteiger partial charge in [-0.05, 0) is 55.7 Å². The zero-order valence-electron chi connectivity index (χ0n) is 16.9. The average Bonchev–Trinajstić information content (AvgIpc) is 2.83. The Bertz CT molecular complexity index is 1040. The standard InChI is InChI=1S/C21H25ClN2O4S/c1-13-5-6-16(11-14(13)2)15(3)23-21(25)20-9-10-24(29(4,26)27)18-12-17(22)7-8-19(18)28-20/h5-8,11-12,15,20H,9-10H2,1-4H3,(H,23,25). The number of sulfonamides is 1. The number of rotatable bonds is 4. The smallest absolute Gasteiger partial charge is 0.261 e. The number of carbonyl (C=O) groups excluding carboxylic acids is 1. The first-order valence-electron chi connectivity index (χ1n) is 9.37. The first-order chi connectivity index (χ1) is 13.6. The molecule has 156 valence electrons. The molecule has 0 spiro atoms. The molecule has 3 rings (SSSR count). The molecule has 2 aromatic carbocycles. The summed E-state index contributed by atoms with van der Waals surface area (Å²) in [5.74, 6) is 0.0308. The van der Waals surface area contributed by atoms with Gasteiger partial charge in [0.1, 0.15) is 5.75 Å². The molecule has 1 heterocycles. The maximum atomic E-state index is 12.9. The van der Waals surface area contributed by atoms with E-state index >= 15 is 0 Å². The van der Waals surface area contributed by atoms with Crippen molar-refractivity contribution in [3.05, 3.63) is 58.1 Å². The summed E-state index contributed by atoms with van der Waals surface area (Å²) in [7, 11) is -3.54. The van der Waals surface area contributed by atoms with Crippen LogP contribution in [0.2, 0.25) is 5.02 Å². The highest BCUT2D eigenvalue weighted by Gasteiger charge is 2.32. The van der Waals surface area contributed by atoms with E-state index in [1.54, 1.807) is 12.1 Å². The van der Waals surface area contributed by atoms with Crippen LogP contribution in [0.25, 0.3) is 0 Å². The largest absolute Gasteiger partial charge is 0.478 e. The lowest BCUT2D eigenvalue weighted by molar-refractivity contribution is -0.128. The maximum Gasteiger partial charge on any atom is 0.261 e. The van der Waals surface area contributed by atoms with E-state index in [0.717, 1.165) is 17.4 Å². The van der Waals surface area contributed by atoms with Crippen LogP contribution in [0.3, 0.4) is 0 Å². The van der Waals surface area contributed by atoms with E-state index in [0.29, 0.717) is 16.5 Å². The number of anilines is 1. The number of amides is 1. The van der Waals surface area contributed by atoms with E-state index in [1.807, 2.05) is 32.9 Å². The Hall–Kier alpha value is -2.25. The zero-order valence-corrected chi connectivity index (χ0v) is 18.5. The molecule has 2 aromatic rings. The fourth-order valence-corrected chi connectivity index (χ4v) is 4.41. The van der Waals surface area contributed by atoms with Gasteiger partial charge in [0.05, 0.1) is 18.0 Å². The van der Waals surface area contributed by atoms with Gasteiger partial charge in [0.15, 0.2) is 6.10 Å². The number of benzene rings is 2. The Morgan fingerprint density at radius 2 is 1.93 bits per heavy atom. The SMILES string of the molecule is Cc1ccc(C(C)NC(=O)C2CCN(S(C)(=O)=O)c3cc(Cl)ccc3O2)cc1C. The van der Waals surface area contributed by atoms with Crippen molar-refractivity contribution in [3.63, 3.8) is 0 Å². The Kier molecular flexibility index (Phi) is 6.10. The third-order valence-corrected chi connectivity index (χ3v) is 6.55. The van der Waals surface area contributed by atoms with Crippen LogP contribution in [0.5, 0.6) is 5.75 Å². The Balaban J connectivity index is 1.81. The molecule has 1 aliphatic rings. The van der Waals surface area contributed by atoms with Gasteiger partial charge < -0.3 is 10.1 Å². The van der Waals surface area contributed by atoms with Crippen LogP contribution in [-0.2, 0) is 14.8 Å². The molecule has 0 radical (unpaired) electrons. The number of nitrogens with one attached hydrogen (secondary N) is 1. The fraction of sp³-hybridized carbons (Fsp3) is 0.381. The second kappa shape index (κ2) is 8.24. The molecular formula is C21H25ClN2O4S. The lowest BCUT2D eigenvalue weighted by Gasteiger charge is -2.21. The summed E-state index contributed by atoms with van der Waals surface area (Å²) in [6, 6.07) is 10.6. The van der Waals surface area contributed by atoms with Crippen LogP contribution in [0.4, 0.5) is 5.69 Å². The van der Waals surface area contributed by atoms with Crippen molar-refractivity contribution < 1.29 is 17.9 Å². The quantitative estimate of drug-likeness (QED) is 0.791. The van der Waals surface area contributed by atoms with Gasteiger partial charge in [0.2, 0.25) is 10.0 Å². The average molecular weight is 437 g/mol. The molecule has 1 N–H and O–H groups in total. The summed E-state index contributed by atoms with van der Waals surface area (Å²) in [6.45, 7) is 6.11. The molecule has 2 unspecified atom stereocenters. The number of hydrogen-bond donors (Lipinski definition) is 1. The normalized spacial score (nSPS) is 17.7. The minimum atomic E-state index is -3.54. The van der Waals surface area contributed by atoms with Crippen LogP contribution < -0.4 is 14.4 Å². The summed E-state index contributed by atoms with van der Waals surface area (Å²) < 4.78 is 31.6. The second-order valence-electron chi connectivity index (χ2n) is 7.42. The number of nitrogens with zero attached hydrogens (tertiary/aromatic N) is 1. The van der Waals surface area contributed by atoms with Crippen molar-refractivity contribution >= 4 is 33.2 Å². The van der Waals surface area contributed by atoms with Crippen molar-refractivity contribution in [3.8, 4) is 5.75 Å². The number of halogens is 1. The molecule has 0 aliphatic carbocycles. The Morgan fingerprint density at radius 3 is 2.59 bits per heavy atom. The number of ether oxygens (including phenoxy) is 1. The molecule has 0 aromatic heterocycles. The number of hydrogen-bond acceptors (Lipinski definition) is 4. The summed E-state index contributed by atoms with van der Waals surface area (Å²) in [5.41, 5.74) is 3.69. The third-order valence-electron chi connectivity index (χ3n) is 5.14. The van der Waals surface area contributed by atoms with Gasteiger partial charge in [0, 0.05) is 18.0 Å². The molecule has 29 heavy (non-hydrogen) atoms. The van der Waals surface area contributed by atoms with Crippen LogP contribution in [0.1, 0.15) is 36.1 Å². The number of carbonyl (C=O) groups is 1. The highest BCUT2D eigenvalue weighted by molar-refractivity contribution is 7.92. The molecule has 0 fully saturated rings. The summed E-state index contributed by atoms with van der Waals surface area (Å²) >= 11 is 6.05. The molecule has 2 atom stereocenters. The van der Waals surface area contributed by atoms with E-state index in [4.69, 9.17) is 16.3 Å². The van der Waals surface area contributed by atoms with Gasteiger partial charge in [0.25, 0.3) is 5.91 Å². The van der Waals surface area contributed by atoms with Crippen LogP contribution in [0, 0.1) is 13.8 Å². The predicted molar refractivity (Wildman–Crippen MR) is 115 cm³/mol. The number of aryl methyl sites for hydroxylation is 2. The van der Waals surface area contributed by atoms with Crippen LogP contribution in [-0.4, -0.2) is 33.2 Å². The summed E-state index contributed by atoms with van der Waals surface area (Å²) in [5, 5.41) is 3.37. The first kappa shape index (κ1) is 21.5. The molecule has 1 aliphatic heterocycles. The van der Waals surface area contributed by atoms with Crippen molar-refractivity contribution in [1.29, 1.82) is 0 Å². The van der Waals surface area contributed by atoms with Gasteiger partial charge in [-0.15, -0.1) is 0 Å². The summed E-state index contributed by atoms with van der Waals surface area (Å²) in [4.78, 5) is 12.9. The Morgan fingerprint density at radius 1 is 1.21 bits per heavy atom. The fourth-order valence-electron chi connectivity index (χ4n) is 3.30. The van der Waals surface area contributed by atoms with Gasteiger partial charge in [-0.2, -0.15) is 0 Å². The molecular weight excluding hydrogens is 412 g/mol. The number of fused-ring (bicyclic) bond motifs is 1. The predicted octanol–water partition coefficient (Wildman–Crippen LogP) is 3.75. The van der Waals surface area contributed by atoms with E-state index in [-0.39, 0.29) is 24.9 Å². The molecule has 0 saturated heterocycles. The first-order valence-corrected chi connectivity index (χ1v) is 11.6. The van der Waals surface area contributed by atoms with Gasteiger partial charge >= 0.3 is 0 Å². The maximum absolute atomic E-state index is 12.9. The zero-order chi connectivity index (χ0) is 21.3. The highest BCUT2D eigenvalue weighted by atomic mass is 35.5. The van der Waals surface area contributed by atoms with Crippen molar-refractivity contribution in [2.75, 3.05) is 17.1 Å². The minimum Gasteiger partial charge on any atom is -0.478 e. The molecule has 0 saturated carbocycles. The molecule has 8 heteroatoms. The lowest BCUT2D eigenvalue weighted by atomic mass is 10.0. The third kappa shape index (κ3) is 4.85. The minimum absolute atomic E-state index is 0.127. The molecule has 6 nitrogen and oxygen atoms in total. The Labute approximate surface area is 176 Å². The highest BCUT2D eigenvalue weighted by Crippen LogP contribution is 2.36. The van der Waals surface area contributed by atoms with Gasteiger partial charge in [-0.1, -0.05) is 29.8 Å². The molecule has 1 amide bonds. The molecule has 0 bridgehead atoms. The van der Waals surface area contributed by atoms with E-state index < -0.39 is 16.1 Å². The van der Waals surface area contributed by atoms with Gasteiger partial charge in [-0.3, -0.25) is 9.10 Å². The monoisotopic (exact) mass is 436 g/mol. The summed E-state index contributed by atoms with van der Waals surface area (Å²) in [6.07, 6.45) is 0.542. The van der Waals surface area contributed by atoms with E-state index in [1.165, 1.54) is 15.9 Å².